The van der Waals surface area contributed by atoms with E-state index in [4.69, 9.17) is 17.0 Å². The number of quaternary nitrogens is 1. The van der Waals surface area contributed by atoms with Gasteiger partial charge in [0.1, 0.15) is 12.3 Å². The van der Waals surface area contributed by atoms with Crippen LogP contribution in [0.2, 0.25) is 0 Å². The van der Waals surface area contributed by atoms with Crippen LogP contribution in [0.3, 0.4) is 0 Å². The quantitative estimate of drug-likeness (QED) is 0.676. The number of rotatable bonds is 6. The molecule has 3 rings (SSSR count). The normalized spacial score (nSPS) is 12.1. The molecule has 0 radical (unpaired) electrons. The number of hydrogen-bond acceptors (Lipinski definition) is 3. The first-order valence-corrected chi connectivity index (χ1v) is 8.23. The summed E-state index contributed by atoms with van der Waals surface area (Å²) in [5, 5.41) is 3.29. The van der Waals surface area contributed by atoms with Gasteiger partial charge >= 0.3 is 0 Å². The second-order valence-corrected chi connectivity index (χ2v) is 6.15. The highest BCUT2D eigenvalue weighted by atomic mass is 32.1. The minimum atomic E-state index is 0.563. The Hall–Kier alpha value is -2.44. The van der Waals surface area contributed by atoms with Crippen molar-refractivity contribution >= 4 is 12.2 Å². The summed E-state index contributed by atoms with van der Waals surface area (Å²) in [6, 6.07) is 18.2. The monoisotopic (exact) mass is 341 g/mol. The Morgan fingerprint density at radius 3 is 2.50 bits per heavy atom. The summed E-state index contributed by atoms with van der Waals surface area (Å²) in [6.45, 7) is 1.66. The smallest absolute Gasteiger partial charge is 0.221 e. The van der Waals surface area contributed by atoms with Gasteiger partial charge < -0.3 is 9.64 Å². The van der Waals surface area contributed by atoms with Crippen molar-refractivity contribution in [2.24, 2.45) is 0 Å². The maximum Gasteiger partial charge on any atom is 0.221 e. The predicted octanol–water partition coefficient (Wildman–Crippen LogP) is 2.29. The summed E-state index contributed by atoms with van der Waals surface area (Å²) in [4.78, 5) is 5.79. The van der Waals surface area contributed by atoms with Crippen LogP contribution in [-0.4, -0.2) is 28.9 Å². The highest BCUT2D eigenvalue weighted by Crippen LogP contribution is 2.18. The van der Waals surface area contributed by atoms with E-state index >= 15 is 0 Å². The molecule has 5 nitrogen and oxygen atoms in total. The third kappa shape index (κ3) is 3.90. The van der Waals surface area contributed by atoms with E-state index in [1.54, 1.807) is 7.11 Å². The number of H-pyrrole nitrogens is 1. The van der Waals surface area contributed by atoms with Gasteiger partial charge in [0.25, 0.3) is 0 Å². The van der Waals surface area contributed by atoms with E-state index < -0.39 is 0 Å². The SMILES string of the molecule is COc1ccc(-c2nc(=S)n(C[NH+](C)Cc3ccccc3)[nH]2)cc1. The largest absolute Gasteiger partial charge is 0.497 e. The zero-order valence-corrected chi connectivity index (χ0v) is 14.6. The van der Waals surface area contributed by atoms with Crippen LogP contribution >= 0.6 is 12.2 Å². The highest BCUT2D eigenvalue weighted by molar-refractivity contribution is 7.71. The number of aromatic nitrogens is 3. The molecule has 0 saturated heterocycles. The zero-order chi connectivity index (χ0) is 16.9. The summed E-state index contributed by atoms with van der Waals surface area (Å²) in [7, 11) is 3.80. The van der Waals surface area contributed by atoms with Crippen LogP contribution in [0.25, 0.3) is 11.4 Å². The molecule has 0 aliphatic rings. The fourth-order valence-corrected chi connectivity index (χ4v) is 2.81. The van der Waals surface area contributed by atoms with Gasteiger partial charge in [-0.1, -0.05) is 30.3 Å². The van der Waals surface area contributed by atoms with Crippen LogP contribution < -0.4 is 9.64 Å². The van der Waals surface area contributed by atoms with Crippen molar-refractivity contribution < 1.29 is 9.64 Å². The molecule has 124 valence electrons. The molecule has 1 heterocycles. The molecule has 0 amide bonds. The maximum absolute atomic E-state index is 5.39. The minimum Gasteiger partial charge on any atom is -0.497 e. The van der Waals surface area contributed by atoms with E-state index in [1.807, 2.05) is 35.0 Å². The van der Waals surface area contributed by atoms with Crippen LogP contribution in [0.1, 0.15) is 5.56 Å². The Morgan fingerprint density at radius 2 is 1.83 bits per heavy atom. The molecule has 0 aliphatic carbocycles. The third-order valence-corrected chi connectivity index (χ3v) is 4.13. The Bertz CT molecular complexity index is 839. The number of ether oxygens (including phenoxy) is 1. The van der Waals surface area contributed by atoms with E-state index in [0.717, 1.165) is 30.4 Å². The molecule has 6 heteroatoms. The van der Waals surface area contributed by atoms with E-state index in [2.05, 4.69) is 41.4 Å². The molecule has 1 aromatic heterocycles. The lowest BCUT2D eigenvalue weighted by molar-refractivity contribution is -0.917. The minimum absolute atomic E-state index is 0.563. The number of methoxy groups -OCH3 is 1. The fourth-order valence-electron chi connectivity index (χ4n) is 2.61. The van der Waals surface area contributed by atoms with E-state index in [9.17, 15) is 0 Å². The van der Waals surface area contributed by atoms with Crippen molar-refractivity contribution in [2.75, 3.05) is 14.2 Å². The second-order valence-electron chi connectivity index (χ2n) is 5.79. The molecule has 2 aromatic carbocycles. The third-order valence-electron chi connectivity index (χ3n) is 3.82. The molecule has 0 saturated carbocycles. The molecule has 0 fully saturated rings. The lowest BCUT2D eigenvalue weighted by atomic mass is 10.2. The van der Waals surface area contributed by atoms with Gasteiger partial charge in [0.2, 0.25) is 4.77 Å². The van der Waals surface area contributed by atoms with Gasteiger partial charge in [-0.05, 0) is 36.5 Å². The first-order chi connectivity index (χ1) is 11.7. The van der Waals surface area contributed by atoms with Crippen LogP contribution in [0, 0.1) is 4.77 Å². The van der Waals surface area contributed by atoms with E-state index in [0.29, 0.717) is 4.77 Å². The Kier molecular flexibility index (Phi) is 5.08. The second kappa shape index (κ2) is 7.42. The molecule has 2 N–H and O–H groups in total. The predicted molar refractivity (Wildman–Crippen MR) is 96.4 cm³/mol. The van der Waals surface area contributed by atoms with Gasteiger partial charge in [-0.25, -0.2) is 4.68 Å². The first-order valence-electron chi connectivity index (χ1n) is 7.82. The molecular formula is C18H21N4OS+. The Labute approximate surface area is 146 Å². The van der Waals surface area contributed by atoms with Crippen LogP contribution in [0.4, 0.5) is 0 Å². The lowest BCUT2D eigenvalue weighted by Crippen LogP contribution is -3.07. The van der Waals surface area contributed by atoms with Crippen molar-refractivity contribution in [1.29, 1.82) is 0 Å². The molecular weight excluding hydrogens is 320 g/mol. The first kappa shape index (κ1) is 16.4. The molecule has 1 atom stereocenters. The molecule has 0 aliphatic heterocycles. The summed E-state index contributed by atoms with van der Waals surface area (Å²) in [5.74, 6) is 1.60. The topological polar surface area (TPSA) is 47.3 Å². The number of nitrogens with zero attached hydrogens (tertiary/aromatic N) is 2. The number of hydrogen-bond donors (Lipinski definition) is 2. The molecule has 0 spiro atoms. The fraction of sp³-hybridized carbons (Fsp3) is 0.222. The van der Waals surface area contributed by atoms with Gasteiger partial charge in [0.15, 0.2) is 12.5 Å². The number of benzene rings is 2. The van der Waals surface area contributed by atoms with Crippen molar-refractivity contribution in [3.05, 3.63) is 64.9 Å². The molecule has 1 unspecified atom stereocenters. The number of aromatic amines is 1. The summed E-state index contributed by atoms with van der Waals surface area (Å²) in [6.07, 6.45) is 0. The van der Waals surface area contributed by atoms with Crippen LogP contribution in [0.5, 0.6) is 5.75 Å². The maximum atomic E-state index is 5.39. The molecule has 3 aromatic rings. The Balaban J connectivity index is 1.72. The van der Waals surface area contributed by atoms with E-state index in [-0.39, 0.29) is 0 Å². The average Bonchev–Trinajstić information content (AvgIpc) is 2.96. The van der Waals surface area contributed by atoms with Crippen molar-refractivity contribution in [2.45, 2.75) is 13.2 Å². The van der Waals surface area contributed by atoms with Gasteiger partial charge in [0, 0.05) is 11.1 Å². The highest BCUT2D eigenvalue weighted by Gasteiger charge is 2.09. The summed E-state index contributed by atoms with van der Waals surface area (Å²) >= 11 is 5.39. The average molecular weight is 341 g/mol. The summed E-state index contributed by atoms with van der Waals surface area (Å²) < 4.78 is 7.66. The van der Waals surface area contributed by atoms with Gasteiger partial charge in [-0.3, -0.25) is 5.10 Å². The van der Waals surface area contributed by atoms with Gasteiger partial charge in [-0.15, -0.1) is 0 Å². The van der Waals surface area contributed by atoms with Crippen LogP contribution in [0.15, 0.2) is 54.6 Å². The van der Waals surface area contributed by atoms with Crippen LogP contribution in [-0.2, 0) is 13.2 Å². The van der Waals surface area contributed by atoms with Crippen molar-refractivity contribution in [3.63, 3.8) is 0 Å². The molecule has 24 heavy (non-hydrogen) atoms. The lowest BCUT2D eigenvalue weighted by Gasteiger charge is -2.14. The summed E-state index contributed by atoms with van der Waals surface area (Å²) in [5.41, 5.74) is 2.29. The van der Waals surface area contributed by atoms with Gasteiger partial charge in [-0.2, -0.15) is 4.98 Å². The van der Waals surface area contributed by atoms with Crippen molar-refractivity contribution in [3.8, 4) is 17.1 Å². The Morgan fingerprint density at radius 1 is 1.12 bits per heavy atom. The zero-order valence-electron chi connectivity index (χ0n) is 13.8. The molecule has 0 bridgehead atoms. The number of nitrogens with one attached hydrogen (secondary N) is 2. The standard InChI is InChI=1S/C18H20N4OS/c1-21(12-14-6-4-3-5-7-14)13-22-18(24)19-17(20-22)15-8-10-16(23-2)11-9-15/h3-11H,12-13H2,1-2H3,(H,19,20,24)/p+1. The van der Waals surface area contributed by atoms with Crippen molar-refractivity contribution in [1.82, 2.24) is 14.8 Å². The van der Waals surface area contributed by atoms with E-state index in [1.165, 1.54) is 10.5 Å². The van der Waals surface area contributed by atoms with Gasteiger partial charge in [0.05, 0.1) is 14.2 Å².